The minimum absolute atomic E-state index is 0.0135. The van der Waals surface area contributed by atoms with Crippen LogP contribution in [0.1, 0.15) is 50.2 Å². The van der Waals surface area contributed by atoms with E-state index in [9.17, 15) is 22.4 Å². The Labute approximate surface area is 265 Å². The van der Waals surface area contributed by atoms with Crippen LogP contribution in [0.4, 0.5) is 9.18 Å². The summed E-state index contributed by atoms with van der Waals surface area (Å²) in [5.41, 5.74) is 0.156. The SMILES string of the molecule is COCCN(C(=O)OC(C)(C)C)S(=O)(=O)N1CCC(C2=C(C(=O)OC)C(c3ccc(F)cc3Cl)N=C(c3nccs3)N2)CC1. The molecule has 1 saturated heterocycles. The van der Waals surface area contributed by atoms with Crippen molar-refractivity contribution in [1.82, 2.24) is 18.9 Å². The van der Waals surface area contributed by atoms with Gasteiger partial charge in [0.05, 0.1) is 25.8 Å². The average molecular weight is 672 g/mol. The molecule has 0 radical (unpaired) electrons. The van der Waals surface area contributed by atoms with E-state index in [4.69, 9.17) is 30.8 Å². The molecule has 240 valence electrons. The molecule has 1 amide bonds. The Morgan fingerprint density at radius 3 is 2.50 bits per heavy atom. The van der Waals surface area contributed by atoms with Crippen molar-refractivity contribution in [2.24, 2.45) is 10.9 Å². The van der Waals surface area contributed by atoms with Gasteiger partial charge in [-0.15, -0.1) is 11.3 Å². The van der Waals surface area contributed by atoms with E-state index in [0.717, 1.165) is 6.07 Å². The summed E-state index contributed by atoms with van der Waals surface area (Å²) in [5, 5.41) is 5.68. The van der Waals surface area contributed by atoms with Crippen LogP contribution in [0, 0.1) is 11.7 Å². The van der Waals surface area contributed by atoms with Gasteiger partial charge in [-0.1, -0.05) is 17.7 Å². The molecule has 1 unspecified atom stereocenters. The monoisotopic (exact) mass is 671 g/mol. The second kappa shape index (κ2) is 13.9. The van der Waals surface area contributed by atoms with Gasteiger partial charge in [-0.3, -0.25) is 4.99 Å². The smallest absolute Gasteiger partial charge is 0.425 e. The molecule has 1 atom stereocenters. The van der Waals surface area contributed by atoms with Crippen LogP contribution in [0.25, 0.3) is 0 Å². The maximum Gasteiger partial charge on any atom is 0.425 e. The first-order chi connectivity index (χ1) is 20.8. The molecule has 4 rings (SSSR count). The van der Waals surface area contributed by atoms with Crippen LogP contribution in [-0.2, 0) is 29.2 Å². The van der Waals surface area contributed by atoms with Gasteiger partial charge in [0.2, 0.25) is 0 Å². The van der Waals surface area contributed by atoms with Crippen LogP contribution >= 0.6 is 22.9 Å². The van der Waals surface area contributed by atoms with Crippen molar-refractivity contribution in [3.8, 4) is 0 Å². The lowest BCUT2D eigenvalue weighted by Crippen LogP contribution is -2.52. The van der Waals surface area contributed by atoms with E-state index in [1.54, 1.807) is 32.3 Å². The number of thiazole rings is 1. The predicted molar refractivity (Wildman–Crippen MR) is 163 cm³/mol. The molecular formula is C28H35ClFN5O7S2. The number of ether oxygens (including phenoxy) is 3. The number of amides is 1. The van der Waals surface area contributed by atoms with E-state index in [1.165, 1.54) is 42.0 Å². The molecule has 12 nitrogen and oxygen atoms in total. The van der Waals surface area contributed by atoms with Crippen molar-refractivity contribution in [2.75, 3.05) is 40.5 Å². The fraction of sp³-hybridized carbons (Fsp3) is 0.500. The Morgan fingerprint density at radius 1 is 1.23 bits per heavy atom. The van der Waals surface area contributed by atoms with Crippen LogP contribution in [0.3, 0.4) is 0 Å². The summed E-state index contributed by atoms with van der Waals surface area (Å²) in [4.78, 5) is 35.3. The lowest BCUT2D eigenvalue weighted by molar-refractivity contribution is -0.136. The van der Waals surface area contributed by atoms with Crippen molar-refractivity contribution in [2.45, 2.75) is 45.3 Å². The number of hydrogen-bond acceptors (Lipinski definition) is 11. The number of amidine groups is 1. The van der Waals surface area contributed by atoms with Crippen LogP contribution in [0.15, 0.2) is 46.0 Å². The van der Waals surface area contributed by atoms with Crippen molar-refractivity contribution in [3.05, 3.63) is 62.5 Å². The van der Waals surface area contributed by atoms with Gasteiger partial charge in [0, 0.05) is 54.0 Å². The molecule has 44 heavy (non-hydrogen) atoms. The summed E-state index contributed by atoms with van der Waals surface area (Å²) in [6.07, 6.45) is 1.21. The van der Waals surface area contributed by atoms with E-state index in [1.807, 2.05) is 0 Å². The number of aliphatic imine (C=N–C) groups is 1. The van der Waals surface area contributed by atoms with Crippen molar-refractivity contribution < 1.29 is 36.6 Å². The number of aromatic nitrogens is 1. The van der Waals surface area contributed by atoms with E-state index in [-0.39, 0.29) is 42.8 Å². The number of esters is 1. The minimum Gasteiger partial charge on any atom is -0.466 e. The molecule has 3 heterocycles. The summed E-state index contributed by atoms with van der Waals surface area (Å²) in [7, 11) is -1.61. The summed E-state index contributed by atoms with van der Waals surface area (Å²) in [6, 6.07) is 2.91. The Hall–Kier alpha value is -3.11. The fourth-order valence-electron chi connectivity index (χ4n) is 4.92. The molecule has 1 aromatic heterocycles. The van der Waals surface area contributed by atoms with E-state index < -0.39 is 39.7 Å². The van der Waals surface area contributed by atoms with Crippen molar-refractivity contribution >= 4 is 51.0 Å². The number of hydrogen-bond donors (Lipinski definition) is 1. The Balaban J connectivity index is 1.67. The van der Waals surface area contributed by atoms with Gasteiger partial charge in [0.25, 0.3) is 0 Å². The molecule has 16 heteroatoms. The highest BCUT2D eigenvalue weighted by Gasteiger charge is 2.41. The molecule has 0 bridgehead atoms. The molecular weight excluding hydrogens is 637 g/mol. The highest BCUT2D eigenvalue weighted by Crippen LogP contribution is 2.40. The Kier molecular flexibility index (Phi) is 10.7. The summed E-state index contributed by atoms with van der Waals surface area (Å²) in [5.74, 6) is -1.15. The van der Waals surface area contributed by atoms with Gasteiger partial charge in [0.15, 0.2) is 10.8 Å². The first-order valence-electron chi connectivity index (χ1n) is 13.8. The minimum atomic E-state index is -4.27. The van der Waals surface area contributed by atoms with E-state index in [0.29, 0.717) is 39.3 Å². The molecule has 2 aromatic rings. The van der Waals surface area contributed by atoms with Crippen LogP contribution in [-0.4, -0.2) is 86.0 Å². The van der Waals surface area contributed by atoms with Gasteiger partial charge in [-0.25, -0.2) is 19.0 Å². The molecule has 2 aliphatic rings. The van der Waals surface area contributed by atoms with Gasteiger partial charge in [-0.05, 0) is 45.7 Å². The van der Waals surface area contributed by atoms with Crippen molar-refractivity contribution in [1.29, 1.82) is 0 Å². The van der Waals surface area contributed by atoms with E-state index in [2.05, 4.69) is 10.3 Å². The number of carbonyl (C=O) groups excluding carboxylic acids is 2. The number of benzene rings is 1. The number of halogens is 2. The zero-order valence-corrected chi connectivity index (χ0v) is 27.4. The maximum absolute atomic E-state index is 14.0. The number of nitrogens with one attached hydrogen (secondary N) is 1. The highest BCUT2D eigenvalue weighted by atomic mass is 35.5. The second-order valence-electron chi connectivity index (χ2n) is 11.1. The summed E-state index contributed by atoms with van der Waals surface area (Å²) < 4.78 is 58.7. The normalized spacial score (nSPS) is 18.4. The predicted octanol–water partition coefficient (Wildman–Crippen LogP) is 4.29. The third-order valence-electron chi connectivity index (χ3n) is 6.93. The number of piperidine rings is 1. The number of allylic oxidation sites excluding steroid dienone is 1. The number of rotatable bonds is 9. The van der Waals surface area contributed by atoms with Gasteiger partial charge in [-0.2, -0.15) is 17.0 Å². The lowest BCUT2D eigenvalue weighted by atomic mass is 9.86. The molecule has 1 aromatic carbocycles. The molecule has 1 fully saturated rings. The van der Waals surface area contributed by atoms with Gasteiger partial charge >= 0.3 is 22.3 Å². The van der Waals surface area contributed by atoms with Crippen LogP contribution in [0.2, 0.25) is 5.02 Å². The third kappa shape index (κ3) is 7.57. The van der Waals surface area contributed by atoms with Gasteiger partial charge < -0.3 is 19.5 Å². The third-order valence-corrected chi connectivity index (χ3v) is 9.95. The average Bonchev–Trinajstić information content (AvgIpc) is 3.51. The van der Waals surface area contributed by atoms with Crippen LogP contribution in [0.5, 0.6) is 0 Å². The fourth-order valence-corrected chi connectivity index (χ4v) is 7.26. The van der Waals surface area contributed by atoms with Crippen LogP contribution < -0.4 is 5.32 Å². The maximum atomic E-state index is 14.0. The lowest BCUT2D eigenvalue weighted by Gasteiger charge is -2.38. The Bertz CT molecular complexity index is 1540. The zero-order chi connectivity index (χ0) is 32.2. The Morgan fingerprint density at radius 2 is 1.93 bits per heavy atom. The standard InChI is InChI=1S/C28H35ClFN5O7S2/c1-28(2,3)42-27(37)35(13-14-40-4)44(38,39)34-11-8-17(9-12-34)22-21(26(36)41-5)23(19-7-6-18(30)16-20(19)29)33-24(32-22)25-31-10-15-43-25/h6-7,10,15-17,23H,8-9,11-14H2,1-5H3,(H,32,33). The summed E-state index contributed by atoms with van der Waals surface area (Å²) >= 11 is 7.77. The summed E-state index contributed by atoms with van der Waals surface area (Å²) in [6.45, 7) is 4.81. The largest absolute Gasteiger partial charge is 0.466 e. The molecule has 0 saturated carbocycles. The topological polar surface area (TPSA) is 140 Å². The first kappa shape index (κ1) is 33.8. The first-order valence-corrected chi connectivity index (χ1v) is 16.4. The number of carbonyl (C=O) groups is 2. The van der Waals surface area contributed by atoms with Gasteiger partial charge in [0.1, 0.15) is 17.5 Å². The quantitative estimate of drug-likeness (QED) is 0.387. The second-order valence-corrected chi connectivity index (χ2v) is 14.2. The van der Waals surface area contributed by atoms with E-state index >= 15 is 0 Å². The number of nitrogens with zero attached hydrogens (tertiary/aromatic N) is 4. The molecule has 1 N–H and O–H groups in total. The van der Waals surface area contributed by atoms with Crippen molar-refractivity contribution in [3.63, 3.8) is 0 Å². The molecule has 2 aliphatic heterocycles. The molecule has 0 spiro atoms. The zero-order valence-electron chi connectivity index (χ0n) is 25.0. The molecule has 0 aliphatic carbocycles. The highest BCUT2D eigenvalue weighted by molar-refractivity contribution is 7.87. The number of methoxy groups -OCH3 is 2.